The lowest BCUT2D eigenvalue weighted by molar-refractivity contribution is 0.174. The number of hydrogen-bond acceptors (Lipinski definition) is 4. The SMILES string of the molecule is Clc1c(-c2ccc3c(c2)OCO3)ccn2c(CC3CC3)nnc12.[2H][2H].[2H][2H].[2H][2H].[2H][2H].[2H][2H].[2H][2H].[2H][2H].[2H][2H].[2H][2H].[2H][2H].[2H][2H].[2H][2H].[2H][2H].[2H][2H].[2H][2H].[2H][2H].[2H][2H].[2H][2H].[2H][2H].[2H][2H].[2H][2H].[2H][2H].[2H][2H].[2H][2H].[2H][2H]. The molecule has 2 aliphatic rings. The van der Waals surface area contributed by atoms with Crippen LogP contribution in [-0.2, 0) is 6.42 Å². The molecule has 0 bridgehead atoms. The van der Waals surface area contributed by atoms with Gasteiger partial charge in [0.2, 0.25) is 6.79 Å². The van der Waals surface area contributed by atoms with Crippen molar-refractivity contribution in [3.8, 4) is 22.6 Å². The zero-order valence-corrected chi connectivity index (χ0v) is 13.1. The fourth-order valence-corrected chi connectivity index (χ4v) is 3.28. The van der Waals surface area contributed by atoms with Gasteiger partial charge in [-0.15, -0.1) is 10.2 Å². The molecule has 0 radical (unpaired) electrons. The number of benzene rings is 1. The summed E-state index contributed by atoms with van der Waals surface area (Å²) in [6.45, 7) is 0.264. The molecule has 5 rings (SSSR count). The normalized spacial score (nSPS) is 24.9. The van der Waals surface area contributed by atoms with E-state index in [4.69, 9.17) is 95.3 Å². The summed E-state index contributed by atoms with van der Waals surface area (Å²) in [5, 5.41) is 9.21. The van der Waals surface area contributed by atoms with Gasteiger partial charge in [-0.05, 0) is 42.5 Å². The molecule has 1 fully saturated rings. The van der Waals surface area contributed by atoms with Gasteiger partial charge < -0.3 is 9.47 Å². The summed E-state index contributed by atoms with van der Waals surface area (Å²) in [6.07, 6.45) is 5.55. The molecular weight excluding hydrogens is 314 g/mol. The molecule has 0 N–H and O–H groups in total. The molecule has 2 aromatic heterocycles. The molecule has 1 saturated carbocycles. The van der Waals surface area contributed by atoms with Gasteiger partial charge in [0.05, 0.1) is 5.02 Å². The minimum atomic E-state index is 0.264. The Balaban J connectivity index is -0.0000000244. The van der Waals surface area contributed by atoms with Crippen molar-refractivity contribution < 1.29 is 83.7 Å². The van der Waals surface area contributed by atoms with E-state index in [0.29, 0.717) is 10.7 Å². The predicted molar refractivity (Wildman–Crippen MR) is 139 cm³/mol. The zero-order chi connectivity index (χ0) is 65.4. The Hall–Kier alpha value is -2.27. The number of fused-ring (bicyclic) bond motifs is 2. The number of aromatic nitrogens is 3. The summed E-state index contributed by atoms with van der Waals surface area (Å²) >= 11 is 6.60. The number of ether oxygens (including phenoxy) is 2. The summed E-state index contributed by atoms with van der Waals surface area (Å²) in [7, 11) is 0. The van der Waals surface area contributed by atoms with E-state index in [1.165, 1.54) is 12.8 Å². The lowest BCUT2D eigenvalue weighted by atomic mass is 10.1. The van der Waals surface area contributed by atoms with Gasteiger partial charge in [-0.1, -0.05) is 17.7 Å². The van der Waals surface area contributed by atoms with Crippen LogP contribution in [-0.4, -0.2) is 21.4 Å². The van der Waals surface area contributed by atoms with Crippen LogP contribution in [0.3, 0.4) is 0 Å². The largest absolute Gasteiger partial charge is 0.454 e. The van der Waals surface area contributed by atoms with Crippen LogP contribution < -0.4 is 9.47 Å². The van der Waals surface area contributed by atoms with Crippen LogP contribution in [0.1, 0.15) is 92.9 Å². The van der Waals surface area contributed by atoms with E-state index in [2.05, 4.69) is 10.2 Å². The molecule has 3 aromatic rings. The second-order valence-electron chi connectivity index (χ2n) is 6.07. The summed E-state index contributed by atoms with van der Waals surface area (Å²) in [6, 6.07) is 7.83. The molecule has 23 heavy (non-hydrogen) atoms. The van der Waals surface area contributed by atoms with Crippen LogP contribution in [0.4, 0.5) is 0 Å². The molecule has 1 aromatic carbocycles. The third-order valence-corrected chi connectivity index (χ3v) is 4.81. The molecule has 166 valence electrons. The maximum atomic E-state index is 6.60. The van der Waals surface area contributed by atoms with E-state index >= 15 is 0 Å². The second kappa shape index (κ2) is 4.86. The molecule has 0 amide bonds. The summed E-state index contributed by atoms with van der Waals surface area (Å²) < 4.78 is 263. The Kier molecular flexibility index (Phi) is 0.690. The number of halogens is 1. The first kappa shape index (κ1) is 3.26. The van der Waals surface area contributed by atoms with Gasteiger partial charge in [0.25, 0.3) is 0 Å². The molecule has 0 saturated heterocycles. The van der Waals surface area contributed by atoms with Crippen molar-refractivity contribution in [1.29, 1.82) is 0 Å². The smallest absolute Gasteiger partial charge is 0.231 e. The van der Waals surface area contributed by atoms with Crippen LogP contribution in [0, 0.1) is 5.92 Å². The molecule has 1 aliphatic heterocycles. The van der Waals surface area contributed by atoms with Gasteiger partial charge in [-0.2, -0.15) is 0 Å². The van der Waals surface area contributed by atoms with Crippen molar-refractivity contribution in [2.24, 2.45) is 5.92 Å². The van der Waals surface area contributed by atoms with Crippen LogP contribution in [0.5, 0.6) is 11.5 Å². The summed E-state index contributed by atoms with van der Waals surface area (Å²) in [4.78, 5) is 0. The molecule has 6 heteroatoms. The van der Waals surface area contributed by atoms with Gasteiger partial charge in [0.15, 0.2) is 17.1 Å². The lowest BCUT2D eigenvalue weighted by Crippen LogP contribution is -1.97. The highest BCUT2D eigenvalue weighted by atomic mass is 35.5. The molecule has 1 aliphatic carbocycles. The van der Waals surface area contributed by atoms with Crippen molar-refractivity contribution in [2.75, 3.05) is 6.79 Å². The van der Waals surface area contributed by atoms with E-state index in [9.17, 15) is 0 Å². The highest BCUT2D eigenvalue weighted by Crippen LogP contribution is 2.39. The molecular formula is C17H64ClN3O2. The molecule has 0 atom stereocenters. The maximum Gasteiger partial charge on any atom is 0.231 e. The van der Waals surface area contributed by atoms with Crippen LogP contribution >= 0.6 is 11.6 Å². The number of pyridine rings is 1. The Labute approximate surface area is 215 Å². The van der Waals surface area contributed by atoms with Crippen molar-refractivity contribution in [3.05, 3.63) is 41.3 Å². The number of rotatable bonds is 3. The van der Waals surface area contributed by atoms with E-state index < -0.39 is 0 Å². The molecule has 5 nitrogen and oxygen atoms in total. The highest BCUT2D eigenvalue weighted by molar-refractivity contribution is 6.36. The summed E-state index contributed by atoms with van der Waals surface area (Å²) in [5.41, 5.74) is 2.61. The number of hydrogen-bond donors (Lipinski definition) is 0. The van der Waals surface area contributed by atoms with Crippen molar-refractivity contribution in [2.45, 2.75) is 19.3 Å². The van der Waals surface area contributed by atoms with Gasteiger partial charge in [0, 0.05) is 92.4 Å². The third-order valence-electron chi connectivity index (χ3n) is 4.44. The average Bonchev–Trinajstić information content (AvgIpc) is 4.11. The first-order valence-electron chi connectivity index (χ1n) is 32.7. The predicted octanol–water partition coefficient (Wildman–Crippen LogP) is 9.88. The fraction of sp³-hybridized carbons (Fsp3) is 0.294. The molecule has 0 spiro atoms. The Morgan fingerprint density at radius 3 is 2.96 bits per heavy atom. The zero-order valence-electron chi connectivity index (χ0n) is 62.3. The van der Waals surface area contributed by atoms with Crippen molar-refractivity contribution in [1.82, 2.24) is 14.6 Å². The van der Waals surface area contributed by atoms with Crippen molar-refractivity contribution in [3.63, 3.8) is 0 Å². The average molecular weight is 428 g/mol. The van der Waals surface area contributed by atoms with Crippen LogP contribution in [0.2, 0.25) is 5.02 Å². The van der Waals surface area contributed by atoms with Gasteiger partial charge >= 0.3 is 0 Å². The summed E-state index contributed by atoms with van der Waals surface area (Å²) in [5.74, 6) is 3.26. The minimum Gasteiger partial charge on any atom is -0.454 e. The maximum absolute atomic E-state index is 6.60. The highest BCUT2D eigenvalue weighted by Gasteiger charge is 2.25. The van der Waals surface area contributed by atoms with E-state index in [0.717, 1.165) is 40.8 Å². The molecule has 0 unspecified atom stereocenters. The van der Waals surface area contributed by atoms with Gasteiger partial charge in [-0.3, -0.25) is 4.40 Å². The minimum absolute atomic E-state index is 0.264. The Bertz CT molecular complexity index is 983. The topological polar surface area (TPSA) is 48.7 Å². The molecule has 3 heterocycles. The van der Waals surface area contributed by atoms with Gasteiger partial charge in [0.1, 0.15) is 5.82 Å². The quantitative estimate of drug-likeness (QED) is 0.416. The van der Waals surface area contributed by atoms with Gasteiger partial charge in [-0.25, -0.2) is 0 Å². The Morgan fingerprint density at radius 1 is 1.22 bits per heavy atom. The first-order chi connectivity index (χ1) is 36.3. The third kappa shape index (κ3) is 2.15. The van der Waals surface area contributed by atoms with Crippen LogP contribution in [0.25, 0.3) is 16.8 Å². The second-order valence-corrected chi connectivity index (χ2v) is 6.45. The Morgan fingerprint density at radius 2 is 2.09 bits per heavy atom. The lowest BCUT2D eigenvalue weighted by Gasteiger charge is -2.07. The first-order valence-corrected chi connectivity index (χ1v) is 8.09. The van der Waals surface area contributed by atoms with Crippen molar-refractivity contribution >= 4 is 17.2 Å². The van der Waals surface area contributed by atoms with E-state index in [1.54, 1.807) is 0 Å². The fourth-order valence-electron chi connectivity index (χ4n) is 2.98. The van der Waals surface area contributed by atoms with E-state index in [1.807, 2.05) is 34.9 Å². The monoisotopic (exact) mass is 428 g/mol. The van der Waals surface area contributed by atoms with Crippen LogP contribution in [0.15, 0.2) is 30.5 Å². The standard InChI is InChI=1S/C17H14ClN3O2.25H2/c18-16-12(11-3-4-13-14(8-11)23-9-22-13)5-6-21-15(7-10-1-2-10)19-20-17(16)21;;;;;;;;;;;;;;;;;;;;;;;;;/h3-6,8,10H,1-2,7,9H2;25*1H/i;25*1+1D. The number of nitrogens with zero attached hydrogens (tertiary/aromatic N) is 3. The van der Waals surface area contributed by atoms with E-state index in [-0.39, 0.29) is 6.79 Å².